The maximum absolute atomic E-state index is 10.9. The fourth-order valence-corrected chi connectivity index (χ4v) is 2.28. The molecule has 1 aromatic carbocycles. The fraction of sp³-hybridized carbons (Fsp3) is 0.417. The predicted molar refractivity (Wildman–Crippen MR) is 74.2 cm³/mol. The van der Waals surface area contributed by atoms with E-state index in [-0.39, 0.29) is 5.56 Å². The molecule has 0 heterocycles. The van der Waals surface area contributed by atoms with Crippen LogP contribution < -0.4 is 4.74 Å². The molecule has 0 saturated heterocycles. The number of benzene rings is 1. The molecule has 1 rings (SSSR count). The van der Waals surface area contributed by atoms with Gasteiger partial charge >= 0.3 is 5.97 Å². The van der Waals surface area contributed by atoms with Gasteiger partial charge in [-0.15, -0.1) is 0 Å². The molecule has 0 atom stereocenters. The topological polar surface area (TPSA) is 46.5 Å². The fourth-order valence-electron chi connectivity index (χ4n) is 1.25. The summed E-state index contributed by atoms with van der Waals surface area (Å²) in [6.45, 7) is 2.74. The molecule has 0 aromatic heterocycles. The quantitative estimate of drug-likeness (QED) is 0.779. The van der Waals surface area contributed by atoms with Crippen LogP contribution >= 0.6 is 27.7 Å². The number of thioether (sulfide) groups is 1. The van der Waals surface area contributed by atoms with Crippen molar-refractivity contribution in [2.75, 3.05) is 18.1 Å². The molecule has 0 aliphatic carbocycles. The highest BCUT2D eigenvalue weighted by Crippen LogP contribution is 2.22. The first-order chi connectivity index (χ1) is 8.15. The van der Waals surface area contributed by atoms with Crippen molar-refractivity contribution in [3.8, 4) is 5.75 Å². The first-order valence-electron chi connectivity index (χ1n) is 5.38. The SMILES string of the molecule is CCSCCCOc1ccc(Br)c(C(=O)O)c1. The summed E-state index contributed by atoms with van der Waals surface area (Å²) in [6, 6.07) is 5.00. The molecule has 3 nitrogen and oxygen atoms in total. The standard InChI is InChI=1S/C12H15BrO3S/c1-2-17-7-3-6-16-9-4-5-11(13)10(8-9)12(14)15/h4-5,8H,2-3,6-7H2,1H3,(H,14,15). The van der Waals surface area contributed by atoms with Crippen molar-refractivity contribution in [1.29, 1.82) is 0 Å². The van der Waals surface area contributed by atoms with E-state index in [0.29, 0.717) is 16.8 Å². The van der Waals surface area contributed by atoms with Crippen molar-refractivity contribution >= 4 is 33.7 Å². The number of hydrogen-bond acceptors (Lipinski definition) is 3. The van der Waals surface area contributed by atoms with Gasteiger partial charge in [-0.05, 0) is 52.1 Å². The lowest BCUT2D eigenvalue weighted by atomic mass is 10.2. The van der Waals surface area contributed by atoms with Gasteiger partial charge in [-0.2, -0.15) is 11.8 Å². The van der Waals surface area contributed by atoms with Crippen LogP contribution in [0, 0.1) is 0 Å². The number of halogens is 1. The molecule has 0 fully saturated rings. The zero-order chi connectivity index (χ0) is 12.7. The van der Waals surface area contributed by atoms with Crippen molar-refractivity contribution in [2.24, 2.45) is 0 Å². The van der Waals surface area contributed by atoms with E-state index >= 15 is 0 Å². The van der Waals surface area contributed by atoms with Crippen LogP contribution in [0.15, 0.2) is 22.7 Å². The van der Waals surface area contributed by atoms with Crippen molar-refractivity contribution in [2.45, 2.75) is 13.3 Å². The Morgan fingerprint density at radius 3 is 2.94 bits per heavy atom. The van der Waals surface area contributed by atoms with Gasteiger partial charge in [0.25, 0.3) is 0 Å². The molecule has 0 spiro atoms. The number of ether oxygens (including phenoxy) is 1. The molecule has 1 N–H and O–H groups in total. The van der Waals surface area contributed by atoms with Crippen molar-refractivity contribution in [3.05, 3.63) is 28.2 Å². The van der Waals surface area contributed by atoms with E-state index in [1.54, 1.807) is 18.2 Å². The Bertz CT molecular complexity index is 382. The summed E-state index contributed by atoms with van der Waals surface area (Å²) < 4.78 is 6.07. The average Bonchev–Trinajstić information content (AvgIpc) is 2.30. The van der Waals surface area contributed by atoms with Gasteiger partial charge < -0.3 is 9.84 Å². The molecule has 0 radical (unpaired) electrons. The van der Waals surface area contributed by atoms with Crippen molar-refractivity contribution < 1.29 is 14.6 Å². The Labute approximate surface area is 114 Å². The van der Waals surface area contributed by atoms with E-state index in [9.17, 15) is 4.79 Å². The molecule has 17 heavy (non-hydrogen) atoms. The minimum Gasteiger partial charge on any atom is -0.494 e. The molecule has 5 heteroatoms. The number of carbonyl (C=O) groups is 1. The molecule has 1 aromatic rings. The zero-order valence-electron chi connectivity index (χ0n) is 9.61. The molecular weight excluding hydrogens is 304 g/mol. The predicted octanol–water partition coefficient (Wildman–Crippen LogP) is 3.67. The van der Waals surface area contributed by atoms with Crippen LogP contribution in [-0.2, 0) is 0 Å². The minimum absolute atomic E-state index is 0.227. The smallest absolute Gasteiger partial charge is 0.336 e. The van der Waals surface area contributed by atoms with Crippen LogP contribution in [0.1, 0.15) is 23.7 Å². The molecule has 0 saturated carbocycles. The van der Waals surface area contributed by atoms with Crippen LogP contribution in [0.4, 0.5) is 0 Å². The van der Waals surface area contributed by atoms with Gasteiger partial charge in [-0.3, -0.25) is 0 Å². The lowest BCUT2D eigenvalue weighted by Crippen LogP contribution is -2.02. The van der Waals surface area contributed by atoms with Crippen LogP contribution in [0.3, 0.4) is 0 Å². The molecule has 0 amide bonds. The Morgan fingerprint density at radius 2 is 2.29 bits per heavy atom. The van der Waals surface area contributed by atoms with Gasteiger partial charge in [0.2, 0.25) is 0 Å². The molecule has 0 bridgehead atoms. The number of hydrogen-bond donors (Lipinski definition) is 1. The molecular formula is C12H15BrO3S. The largest absolute Gasteiger partial charge is 0.494 e. The first kappa shape index (κ1) is 14.4. The highest BCUT2D eigenvalue weighted by Gasteiger charge is 2.09. The number of rotatable bonds is 7. The second kappa shape index (κ2) is 7.61. The van der Waals surface area contributed by atoms with Crippen LogP contribution in [-0.4, -0.2) is 29.2 Å². The van der Waals surface area contributed by atoms with Crippen molar-refractivity contribution in [1.82, 2.24) is 0 Å². The third kappa shape index (κ3) is 5.00. The summed E-state index contributed by atoms with van der Waals surface area (Å²) >= 11 is 5.07. The van der Waals surface area contributed by atoms with Crippen molar-refractivity contribution in [3.63, 3.8) is 0 Å². The van der Waals surface area contributed by atoms with E-state index in [1.165, 1.54) is 0 Å². The van der Waals surface area contributed by atoms with Gasteiger partial charge in [0.1, 0.15) is 5.75 Å². The summed E-state index contributed by atoms with van der Waals surface area (Å²) in [6.07, 6.45) is 0.969. The van der Waals surface area contributed by atoms with E-state index in [0.717, 1.165) is 17.9 Å². The van der Waals surface area contributed by atoms with Gasteiger partial charge in [0.05, 0.1) is 12.2 Å². The first-order valence-corrected chi connectivity index (χ1v) is 7.33. The normalized spacial score (nSPS) is 10.2. The highest BCUT2D eigenvalue weighted by atomic mass is 79.9. The Hall–Kier alpha value is -0.680. The summed E-state index contributed by atoms with van der Waals surface area (Å²) in [4.78, 5) is 10.9. The van der Waals surface area contributed by atoms with E-state index in [1.807, 2.05) is 11.8 Å². The van der Waals surface area contributed by atoms with Gasteiger partial charge in [-0.25, -0.2) is 4.79 Å². The Morgan fingerprint density at radius 1 is 1.53 bits per heavy atom. The molecule has 94 valence electrons. The van der Waals surface area contributed by atoms with Crippen LogP contribution in [0.2, 0.25) is 0 Å². The molecule has 0 unspecified atom stereocenters. The minimum atomic E-state index is -0.955. The maximum Gasteiger partial charge on any atom is 0.336 e. The average molecular weight is 319 g/mol. The van der Waals surface area contributed by atoms with Gasteiger partial charge in [-0.1, -0.05) is 6.92 Å². The number of carboxylic acid groups (broad SMARTS) is 1. The van der Waals surface area contributed by atoms with E-state index < -0.39 is 5.97 Å². The van der Waals surface area contributed by atoms with Crippen LogP contribution in [0.25, 0.3) is 0 Å². The summed E-state index contributed by atoms with van der Waals surface area (Å²) in [5, 5.41) is 8.94. The van der Waals surface area contributed by atoms with Gasteiger partial charge in [0.15, 0.2) is 0 Å². The lowest BCUT2D eigenvalue weighted by Gasteiger charge is -2.07. The monoisotopic (exact) mass is 318 g/mol. The zero-order valence-corrected chi connectivity index (χ0v) is 12.0. The number of carboxylic acids is 1. The highest BCUT2D eigenvalue weighted by molar-refractivity contribution is 9.10. The third-order valence-corrected chi connectivity index (χ3v) is 3.75. The van der Waals surface area contributed by atoms with E-state index in [2.05, 4.69) is 22.9 Å². The third-order valence-electron chi connectivity index (χ3n) is 2.07. The molecule has 0 aliphatic rings. The maximum atomic E-state index is 10.9. The van der Waals surface area contributed by atoms with Crippen LogP contribution in [0.5, 0.6) is 5.75 Å². The number of aromatic carboxylic acids is 1. The summed E-state index contributed by atoms with van der Waals surface area (Å²) in [7, 11) is 0. The summed E-state index contributed by atoms with van der Waals surface area (Å²) in [5.41, 5.74) is 0.227. The summed E-state index contributed by atoms with van der Waals surface area (Å²) in [5.74, 6) is 1.83. The second-order valence-corrected chi connectivity index (χ2v) is 5.59. The van der Waals surface area contributed by atoms with Gasteiger partial charge in [0, 0.05) is 4.47 Å². The lowest BCUT2D eigenvalue weighted by molar-refractivity contribution is 0.0695. The second-order valence-electron chi connectivity index (χ2n) is 3.35. The van der Waals surface area contributed by atoms with E-state index in [4.69, 9.17) is 9.84 Å². The Kier molecular flexibility index (Phi) is 6.44. The molecule has 0 aliphatic heterocycles. The Balaban J connectivity index is 2.49.